The van der Waals surface area contributed by atoms with Crippen LogP contribution in [0.15, 0.2) is 12.4 Å². The minimum atomic E-state index is 0. The standard InChI is InChI=1S/C13H17N3S.ClH/c1-9-7-11-12(14-8-15-13(11)17-9)16-10-5-3-2-4-6-10;/h7-8,10H,2-6H2,1H3,(H,14,15,16);1H. The molecule has 2 heterocycles. The lowest BCUT2D eigenvalue weighted by molar-refractivity contribution is 0.462. The predicted octanol–water partition coefficient (Wildman–Crippen LogP) is 4.17. The monoisotopic (exact) mass is 283 g/mol. The van der Waals surface area contributed by atoms with Gasteiger partial charge in [-0.05, 0) is 25.8 Å². The molecule has 0 spiro atoms. The molecule has 1 saturated carbocycles. The molecule has 5 heteroatoms. The second-order valence-electron chi connectivity index (χ2n) is 4.78. The molecule has 0 aliphatic heterocycles. The lowest BCUT2D eigenvalue weighted by Crippen LogP contribution is -2.22. The molecule has 98 valence electrons. The third kappa shape index (κ3) is 2.75. The van der Waals surface area contributed by atoms with Gasteiger partial charge in [0.1, 0.15) is 17.0 Å². The Hall–Kier alpha value is -0.870. The van der Waals surface area contributed by atoms with Gasteiger partial charge in [-0.3, -0.25) is 0 Å². The second kappa shape index (κ2) is 5.85. The van der Waals surface area contributed by atoms with E-state index in [1.807, 2.05) is 0 Å². The number of nitrogens with zero attached hydrogens (tertiary/aromatic N) is 2. The maximum Gasteiger partial charge on any atom is 0.138 e. The predicted molar refractivity (Wildman–Crippen MR) is 79.9 cm³/mol. The van der Waals surface area contributed by atoms with Crippen LogP contribution < -0.4 is 5.32 Å². The Balaban J connectivity index is 0.00000120. The molecule has 0 amide bonds. The van der Waals surface area contributed by atoms with E-state index in [1.54, 1.807) is 17.7 Å². The van der Waals surface area contributed by atoms with Crippen molar-refractivity contribution in [3.63, 3.8) is 0 Å². The van der Waals surface area contributed by atoms with Crippen molar-refractivity contribution in [1.82, 2.24) is 9.97 Å². The molecule has 3 nitrogen and oxygen atoms in total. The highest BCUT2D eigenvalue weighted by Crippen LogP contribution is 2.29. The van der Waals surface area contributed by atoms with Crippen LogP contribution in [0.4, 0.5) is 5.82 Å². The summed E-state index contributed by atoms with van der Waals surface area (Å²) in [7, 11) is 0. The average Bonchev–Trinajstić information content (AvgIpc) is 2.72. The van der Waals surface area contributed by atoms with Crippen molar-refractivity contribution < 1.29 is 0 Å². The summed E-state index contributed by atoms with van der Waals surface area (Å²) in [6.07, 6.45) is 8.28. The number of thiophene rings is 1. The Labute approximate surface area is 117 Å². The summed E-state index contributed by atoms with van der Waals surface area (Å²) in [5.41, 5.74) is 0. The average molecular weight is 284 g/mol. The molecule has 2 aromatic rings. The van der Waals surface area contributed by atoms with E-state index in [9.17, 15) is 0 Å². The van der Waals surface area contributed by atoms with Crippen LogP contribution in [0.1, 0.15) is 37.0 Å². The second-order valence-corrected chi connectivity index (χ2v) is 6.01. The van der Waals surface area contributed by atoms with Crippen molar-refractivity contribution in [3.05, 3.63) is 17.3 Å². The first-order valence-electron chi connectivity index (χ1n) is 6.30. The Bertz CT molecular complexity index is 520. The Morgan fingerprint density at radius 2 is 2.00 bits per heavy atom. The van der Waals surface area contributed by atoms with Gasteiger partial charge in [0.25, 0.3) is 0 Å². The summed E-state index contributed by atoms with van der Waals surface area (Å²) >= 11 is 1.74. The minimum absolute atomic E-state index is 0. The number of anilines is 1. The van der Waals surface area contributed by atoms with Crippen molar-refractivity contribution >= 4 is 39.8 Å². The first kappa shape index (κ1) is 13.6. The first-order chi connectivity index (χ1) is 8.33. The molecule has 0 aromatic carbocycles. The van der Waals surface area contributed by atoms with E-state index in [2.05, 4.69) is 28.3 Å². The van der Waals surface area contributed by atoms with Crippen LogP contribution in [0.3, 0.4) is 0 Å². The van der Waals surface area contributed by atoms with Crippen molar-refractivity contribution in [3.8, 4) is 0 Å². The molecule has 0 bridgehead atoms. The lowest BCUT2D eigenvalue weighted by atomic mass is 9.95. The summed E-state index contributed by atoms with van der Waals surface area (Å²) in [4.78, 5) is 11.1. The largest absolute Gasteiger partial charge is 0.367 e. The van der Waals surface area contributed by atoms with Crippen LogP contribution in [-0.4, -0.2) is 16.0 Å². The molecule has 2 aromatic heterocycles. The van der Waals surface area contributed by atoms with Crippen molar-refractivity contribution in [2.75, 3.05) is 5.32 Å². The Morgan fingerprint density at radius 3 is 2.78 bits per heavy atom. The van der Waals surface area contributed by atoms with Crippen molar-refractivity contribution in [2.24, 2.45) is 0 Å². The zero-order valence-electron chi connectivity index (χ0n) is 10.5. The zero-order chi connectivity index (χ0) is 11.7. The van der Waals surface area contributed by atoms with Gasteiger partial charge in [-0.2, -0.15) is 0 Å². The van der Waals surface area contributed by atoms with Crippen molar-refractivity contribution in [2.45, 2.75) is 45.1 Å². The van der Waals surface area contributed by atoms with E-state index in [-0.39, 0.29) is 12.4 Å². The number of hydrogen-bond donors (Lipinski definition) is 1. The molecule has 1 N–H and O–H groups in total. The van der Waals surface area contributed by atoms with E-state index >= 15 is 0 Å². The smallest absolute Gasteiger partial charge is 0.138 e. The van der Waals surface area contributed by atoms with Gasteiger partial charge in [-0.1, -0.05) is 19.3 Å². The summed E-state index contributed by atoms with van der Waals surface area (Å²) in [5, 5.41) is 4.77. The van der Waals surface area contributed by atoms with E-state index in [1.165, 1.54) is 42.4 Å². The molecular weight excluding hydrogens is 266 g/mol. The van der Waals surface area contributed by atoms with Crippen LogP contribution in [-0.2, 0) is 0 Å². The quantitative estimate of drug-likeness (QED) is 0.899. The summed E-state index contributed by atoms with van der Waals surface area (Å²) in [5.74, 6) is 1.02. The molecule has 0 atom stereocenters. The van der Waals surface area contributed by atoms with E-state index < -0.39 is 0 Å². The fourth-order valence-corrected chi connectivity index (χ4v) is 3.38. The van der Waals surface area contributed by atoms with Gasteiger partial charge in [0, 0.05) is 10.9 Å². The van der Waals surface area contributed by atoms with Gasteiger partial charge in [0.2, 0.25) is 0 Å². The van der Waals surface area contributed by atoms with E-state index in [0.717, 1.165) is 10.6 Å². The molecule has 1 aliphatic rings. The number of fused-ring (bicyclic) bond motifs is 1. The third-order valence-corrected chi connectivity index (χ3v) is 4.36. The number of aryl methyl sites for hydroxylation is 1. The van der Waals surface area contributed by atoms with Gasteiger partial charge in [0.05, 0.1) is 5.39 Å². The van der Waals surface area contributed by atoms with E-state index in [4.69, 9.17) is 0 Å². The highest BCUT2D eigenvalue weighted by atomic mass is 35.5. The van der Waals surface area contributed by atoms with E-state index in [0.29, 0.717) is 6.04 Å². The van der Waals surface area contributed by atoms with Crippen LogP contribution >= 0.6 is 23.7 Å². The van der Waals surface area contributed by atoms with Gasteiger partial charge in [0.15, 0.2) is 0 Å². The number of nitrogens with one attached hydrogen (secondary N) is 1. The molecule has 1 fully saturated rings. The van der Waals surface area contributed by atoms with Gasteiger partial charge in [-0.15, -0.1) is 23.7 Å². The highest BCUT2D eigenvalue weighted by Gasteiger charge is 2.15. The van der Waals surface area contributed by atoms with Crippen LogP contribution in [0.5, 0.6) is 0 Å². The molecule has 0 radical (unpaired) electrons. The SMILES string of the molecule is Cc1cc2c(NC3CCCCC3)ncnc2s1.Cl. The highest BCUT2D eigenvalue weighted by molar-refractivity contribution is 7.18. The van der Waals surface area contributed by atoms with Crippen LogP contribution in [0.2, 0.25) is 0 Å². The minimum Gasteiger partial charge on any atom is -0.367 e. The first-order valence-corrected chi connectivity index (χ1v) is 7.12. The maximum atomic E-state index is 4.40. The zero-order valence-corrected chi connectivity index (χ0v) is 12.1. The van der Waals surface area contributed by atoms with Gasteiger partial charge >= 0.3 is 0 Å². The summed E-state index contributed by atoms with van der Waals surface area (Å²) in [6.45, 7) is 2.12. The molecule has 3 rings (SSSR count). The van der Waals surface area contributed by atoms with Crippen LogP contribution in [0, 0.1) is 6.92 Å². The fraction of sp³-hybridized carbons (Fsp3) is 0.538. The lowest BCUT2D eigenvalue weighted by Gasteiger charge is -2.23. The third-order valence-electron chi connectivity index (χ3n) is 3.40. The van der Waals surface area contributed by atoms with Crippen molar-refractivity contribution in [1.29, 1.82) is 0 Å². The number of halogens is 1. The summed E-state index contributed by atoms with van der Waals surface area (Å²) in [6, 6.07) is 2.78. The topological polar surface area (TPSA) is 37.8 Å². The van der Waals surface area contributed by atoms with Crippen LogP contribution in [0.25, 0.3) is 10.2 Å². The molecular formula is C13H18ClN3S. The Kier molecular flexibility index (Phi) is 4.40. The molecule has 1 aliphatic carbocycles. The number of aromatic nitrogens is 2. The van der Waals surface area contributed by atoms with Gasteiger partial charge < -0.3 is 5.32 Å². The molecule has 0 unspecified atom stereocenters. The number of hydrogen-bond acceptors (Lipinski definition) is 4. The normalized spacial score (nSPS) is 16.5. The molecule has 0 saturated heterocycles. The summed E-state index contributed by atoms with van der Waals surface area (Å²) < 4.78 is 0. The maximum absolute atomic E-state index is 4.40. The number of rotatable bonds is 2. The Morgan fingerprint density at radius 1 is 1.22 bits per heavy atom. The van der Waals surface area contributed by atoms with Gasteiger partial charge in [-0.25, -0.2) is 9.97 Å². The fourth-order valence-electron chi connectivity index (χ4n) is 2.53. The molecule has 18 heavy (non-hydrogen) atoms.